The summed E-state index contributed by atoms with van der Waals surface area (Å²) in [7, 11) is 0. The highest BCUT2D eigenvalue weighted by Gasteiger charge is 2.44. The summed E-state index contributed by atoms with van der Waals surface area (Å²) < 4.78 is 11.1. The Morgan fingerprint density at radius 3 is 2.23 bits per heavy atom. The van der Waals surface area contributed by atoms with Crippen LogP contribution in [0.15, 0.2) is 67.0 Å². The van der Waals surface area contributed by atoms with Crippen molar-refractivity contribution >= 4 is 58.9 Å². The zero-order chi connectivity index (χ0) is 59.6. The van der Waals surface area contributed by atoms with Gasteiger partial charge in [-0.05, 0) is 113 Å². The molecule has 6 amide bonds. The van der Waals surface area contributed by atoms with E-state index in [1.165, 1.54) is 36.4 Å². The van der Waals surface area contributed by atoms with Gasteiger partial charge < -0.3 is 56.2 Å². The van der Waals surface area contributed by atoms with E-state index >= 15 is 4.79 Å². The highest BCUT2D eigenvalue weighted by Crippen LogP contribution is 2.32. The number of phenols is 1. The number of hydrogen-bond donors (Lipinski definition) is 7. The lowest BCUT2D eigenvalue weighted by Crippen LogP contribution is -2.60. The average Bonchev–Trinajstić information content (AvgIpc) is 4.22. The van der Waals surface area contributed by atoms with Crippen molar-refractivity contribution in [2.24, 2.45) is 29.4 Å². The highest BCUT2D eigenvalue weighted by molar-refractivity contribution is 5.97. The number of imidazole rings is 1. The van der Waals surface area contributed by atoms with Crippen molar-refractivity contribution in [3.63, 3.8) is 0 Å². The van der Waals surface area contributed by atoms with Crippen LogP contribution in [0.2, 0.25) is 0 Å². The number of nitrogens with zero attached hydrogens (tertiary/aromatic N) is 4. The number of fused-ring (bicyclic) bond motifs is 1. The van der Waals surface area contributed by atoms with Gasteiger partial charge in [-0.3, -0.25) is 43.3 Å². The molecule has 3 aliphatic rings. The number of piperidine rings is 1. The minimum atomic E-state index is -1.43. The molecule has 8 N–H and O–H groups in total. The number of hydrogen-bond acceptors (Lipinski definition) is 15. The molecule has 7 unspecified atom stereocenters. The maximum absolute atomic E-state index is 15.0. The largest absolute Gasteiger partial charge is 0.508 e. The molecule has 3 aliphatic heterocycles. The molecule has 0 bridgehead atoms. The van der Waals surface area contributed by atoms with Gasteiger partial charge in [0.1, 0.15) is 23.3 Å². The summed E-state index contributed by atoms with van der Waals surface area (Å²) in [5.74, 6) is -6.50. The fourth-order valence-electron chi connectivity index (χ4n) is 11.0. The number of carboxylic acids is 1. The number of carbonyl (C=O) groups is 10. The molecule has 0 radical (unpaired) electrons. The molecule has 23 heteroatoms. The van der Waals surface area contributed by atoms with Crippen LogP contribution in [0.4, 0.5) is 4.79 Å². The maximum Gasteiger partial charge on any atom is 0.330 e. The van der Waals surface area contributed by atoms with Crippen LogP contribution in [-0.2, 0) is 67.3 Å². The number of ether oxygens (including phenoxy) is 2. The number of carboxylic acid groups (broad SMARTS) is 1. The number of ketones is 3. The number of primary amides is 1. The number of carbonyl (C=O) groups excluding carboxylic acids is 9. The van der Waals surface area contributed by atoms with E-state index in [2.05, 4.69) is 25.9 Å². The van der Waals surface area contributed by atoms with Gasteiger partial charge in [-0.2, -0.15) is 0 Å². The summed E-state index contributed by atoms with van der Waals surface area (Å²) in [6.07, 6.45) is 5.59. The second-order valence-electron chi connectivity index (χ2n) is 22.2. The molecule has 1 aromatic heterocycles. The first kappa shape index (κ1) is 63.2. The first-order valence-corrected chi connectivity index (χ1v) is 28.2. The molecule has 2 aromatic carbocycles. The quantitative estimate of drug-likeness (QED) is 0.0376. The van der Waals surface area contributed by atoms with Crippen molar-refractivity contribution < 1.29 is 67.6 Å². The first-order chi connectivity index (χ1) is 39.1. The molecule has 6 rings (SSSR count). The summed E-state index contributed by atoms with van der Waals surface area (Å²) in [6.45, 7) is 8.99. The number of nitrogens with one attached hydrogen (secondary N) is 4. The van der Waals surface area contributed by atoms with Gasteiger partial charge in [-0.1, -0.05) is 32.1 Å². The second-order valence-corrected chi connectivity index (χ2v) is 22.2. The molecule has 7 atom stereocenters. The highest BCUT2D eigenvalue weighted by atomic mass is 16.5. The summed E-state index contributed by atoms with van der Waals surface area (Å²) >= 11 is 0. The number of aromatic amines is 1. The Hall–Kier alpha value is -7.95. The maximum atomic E-state index is 15.0. The topological polar surface area (TPSA) is 330 Å². The van der Waals surface area contributed by atoms with Gasteiger partial charge in [0.25, 0.3) is 0 Å². The Morgan fingerprint density at radius 1 is 0.878 bits per heavy atom. The van der Waals surface area contributed by atoms with E-state index in [1.54, 1.807) is 66.1 Å². The van der Waals surface area contributed by atoms with Gasteiger partial charge in [0.15, 0.2) is 17.3 Å². The molecule has 2 fully saturated rings. The molecule has 0 saturated carbocycles. The van der Waals surface area contributed by atoms with Gasteiger partial charge in [0, 0.05) is 89.8 Å². The lowest BCUT2D eigenvalue weighted by Gasteiger charge is -2.42. The third kappa shape index (κ3) is 18.5. The molecule has 444 valence electrons. The number of benzene rings is 2. The number of aliphatic carboxylic acids is 1. The molecule has 3 aromatic rings. The van der Waals surface area contributed by atoms with E-state index in [9.17, 15) is 53.4 Å². The summed E-state index contributed by atoms with van der Waals surface area (Å²) in [5, 5.41) is 27.8. The molecule has 4 heterocycles. The van der Waals surface area contributed by atoms with Crippen LogP contribution in [0.3, 0.4) is 0 Å². The van der Waals surface area contributed by atoms with E-state index in [1.807, 2.05) is 13.8 Å². The lowest BCUT2D eigenvalue weighted by molar-refractivity contribution is -0.146. The van der Waals surface area contributed by atoms with Crippen LogP contribution in [0.1, 0.15) is 116 Å². The molecule has 0 aliphatic carbocycles. The first-order valence-electron chi connectivity index (χ1n) is 28.2. The molecule has 23 nitrogen and oxygen atoms in total. The third-order valence-electron chi connectivity index (χ3n) is 15.0. The van der Waals surface area contributed by atoms with Crippen molar-refractivity contribution in [1.29, 1.82) is 0 Å². The van der Waals surface area contributed by atoms with E-state index in [0.717, 1.165) is 0 Å². The van der Waals surface area contributed by atoms with Gasteiger partial charge >= 0.3 is 18.0 Å². The summed E-state index contributed by atoms with van der Waals surface area (Å²) in [6, 6.07) is 7.49. The number of aromatic hydroxyl groups is 1. The SMILES string of the molecule is CC(=O)NCCC(=O)N1CCCC(C(=O)C(CC/C=C/C(=O)OC(C)C)N2Cc3[nH]cnc3CC2C(=O)NC(CNC(N)=O)C(=O)CC(CC(C)C)C(=O)N2CCCC2C(=O)CC(Cc2ccc(Oc3ccc(O)cc3)cc2)C(=O)O)C1. The number of rotatable bonds is 29. The van der Waals surface area contributed by atoms with Gasteiger partial charge in [-0.25, -0.2) is 14.6 Å². The molecular weight excluding hydrogens is 1060 g/mol. The number of amides is 6. The van der Waals surface area contributed by atoms with Crippen LogP contribution in [0, 0.1) is 23.7 Å². The number of urea groups is 1. The summed E-state index contributed by atoms with van der Waals surface area (Å²) in [4.78, 5) is 148. The zero-order valence-corrected chi connectivity index (χ0v) is 47.4. The van der Waals surface area contributed by atoms with Gasteiger partial charge in [-0.15, -0.1) is 0 Å². The molecule has 0 spiro atoms. The van der Waals surface area contributed by atoms with Crippen LogP contribution < -0.4 is 26.4 Å². The van der Waals surface area contributed by atoms with Gasteiger partial charge in [0.05, 0.1) is 47.9 Å². The van der Waals surface area contributed by atoms with Crippen LogP contribution in [-0.4, -0.2) is 157 Å². The van der Waals surface area contributed by atoms with Crippen molar-refractivity contribution in [2.45, 2.75) is 148 Å². The predicted octanol–water partition coefficient (Wildman–Crippen LogP) is 4.29. The van der Waals surface area contributed by atoms with Crippen LogP contribution in [0.5, 0.6) is 17.2 Å². The number of allylic oxidation sites excluding steroid dienone is 1. The number of esters is 1. The molecule has 2 saturated heterocycles. The van der Waals surface area contributed by atoms with Crippen molar-refractivity contribution in [3.8, 4) is 17.2 Å². The van der Waals surface area contributed by atoms with Crippen LogP contribution in [0.25, 0.3) is 0 Å². The van der Waals surface area contributed by atoms with E-state index in [4.69, 9.17) is 15.2 Å². The monoisotopic (exact) mass is 1140 g/mol. The Labute approximate surface area is 477 Å². The number of nitrogens with two attached hydrogens (primary N) is 1. The van der Waals surface area contributed by atoms with Crippen LogP contribution >= 0.6 is 0 Å². The fourth-order valence-corrected chi connectivity index (χ4v) is 11.0. The number of phenolic OH excluding ortho intramolecular Hbond substituents is 1. The Morgan fingerprint density at radius 2 is 1.57 bits per heavy atom. The number of likely N-dealkylation sites (tertiary alicyclic amines) is 2. The van der Waals surface area contributed by atoms with Crippen molar-refractivity contribution in [2.75, 3.05) is 32.7 Å². The minimum Gasteiger partial charge on any atom is -0.508 e. The standard InChI is InChI=1S/C59H79N9O14/c1-35(2)26-40(57(77)67-25-9-12-48(67)52(72)29-41(58(78)79)27-38-14-18-43(19-15-38)82-44-20-16-42(70)17-21-44)28-51(71)46(31-62-59(60)80)65-56(76)50-30-45-47(64-34-63-45)33-68(50)49(11-6-7-13-54(74)81-36(3)4)55(75)39-10-8-24-66(32-39)53(73)22-23-61-37(5)69/h7,13-21,34-36,39-41,46,48-50,70H,6,8-12,22-33H2,1-5H3,(H,61,69)(H,63,64)(H,65,76)(H,78,79)(H3,60,62,80)/b13-7+. The summed E-state index contributed by atoms with van der Waals surface area (Å²) in [5.41, 5.74) is 7.35. The molecule has 82 heavy (non-hydrogen) atoms. The second kappa shape index (κ2) is 30.2. The van der Waals surface area contributed by atoms with Crippen molar-refractivity contribution in [3.05, 3.63) is 84.0 Å². The van der Waals surface area contributed by atoms with Crippen molar-refractivity contribution in [1.82, 2.24) is 40.6 Å². The number of H-pyrrole nitrogens is 1. The predicted molar refractivity (Wildman–Crippen MR) is 299 cm³/mol. The lowest BCUT2D eigenvalue weighted by atomic mass is 9.85. The van der Waals surface area contributed by atoms with E-state index < -0.39 is 96.2 Å². The van der Waals surface area contributed by atoms with Gasteiger partial charge in [0.2, 0.25) is 23.6 Å². The smallest absolute Gasteiger partial charge is 0.330 e. The van der Waals surface area contributed by atoms with E-state index in [-0.39, 0.29) is 106 Å². The Kier molecular flexibility index (Phi) is 23.3. The fraction of sp³-hybridized carbons (Fsp3) is 0.542. The third-order valence-corrected chi connectivity index (χ3v) is 15.0. The number of aromatic nitrogens is 2. The zero-order valence-electron chi connectivity index (χ0n) is 47.4. The Bertz CT molecular complexity index is 2780. The Balaban J connectivity index is 1.19. The average molecular weight is 1140 g/mol. The number of Topliss-reactive ketones (excluding diaryl/α,β-unsaturated/α-hetero) is 3. The minimum absolute atomic E-state index is 0.00151. The molecular formula is C59H79N9O14. The van der Waals surface area contributed by atoms with E-state index in [0.29, 0.717) is 60.7 Å². The normalized spacial score (nSPS) is 18.7.